The third-order valence-electron chi connectivity index (χ3n) is 6.91. The Morgan fingerprint density at radius 1 is 0.929 bits per heavy atom. The van der Waals surface area contributed by atoms with E-state index in [9.17, 15) is 0 Å². The Kier molecular flexibility index (Phi) is 5.56. The lowest BCUT2D eigenvalue weighted by Gasteiger charge is -2.26. The van der Waals surface area contributed by atoms with Gasteiger partial charge in [0.15, 0.2) is 0 Å². The zero-order valence-electron chi connectivity index (χ0n) is 16.8. The maximum atomic E-state index is 6.03. The Balaban J connectivity index is 0.998. The molecule has 2 aliphatic heterocycles. The van der Waals surface area contributed by atoms with Crippen molar-refractivity contribution < 1.29 is 4.74 Å². The van der Waals surface area contributed by atoms with Crippen LogP contribution in [0, 0.1) is 17.8 Å². The molecule has 5 heteroatoms. The summed E-state index contributed by atoms with van der Waals surface area (Å²) >= 11 is 0. The van der Waals surface area contributed by atoms with E-state index in [1.54, 1.807) is 12.4 Å². The van der Waals surface area contributed by atoms with E-state index in [0.717, 1.165) is 48.5 Å². The average molecular weight is 381 g/mol. The second kappa shape index (κ2) is 8.44. The lowest BCUT2D eigenvalue weighted by atomic mass is 10.1. The number of likely N-dealkylation sites (tertiary alicyclic amines) is 2. The van der Waals surface area contributed by atoms with Crippen LogP contribution in [0.5, 0.6) is 0 Å². The van der Waals surface area contributed by atoms with Crippen molar-refractivity contribution in [3.8, 4) is 0 Å². The quantitative estimate of drug-likeness (QED) is 0.658. The zero-order valence-corrected chi connectivity index (χ0v) is 16.8. The van der Waals surface area contributed by atoms with Crippen LogP contribution in [-0.4, -0.2) is 65.7 Å². The second-order valence-electron chi connectivity index (χ2n) is 8.90. The highest BCUT2D eigenvalue weighted by Crippen LogP contribution is 2.52. The number of ether oxygens (including phenoxy) is 1. The molecule has 3 atom stereocenters. The van der Waals surface area contributed by atoms with Gasteiger partial charge in [-0.3, -0.25) is 14.9 Å². The van der Waals surface area contributed by atoms with Gasteiger partial charge in [-0.1, -0.05) is 12.5 Å². The molecule has 3 aliphatic rings. The van der Waals surface area contributed by atoms with Gasteiger partial charge >= 0.3 is 0 Å². The summed E-state index contributed by atoms with van der Waals surface area (Å²) < 4.78 is 6.03. The molecule has 1 aromatic carbocycles. The number of piperidine rings is 2. The molecule has 0 amide bonds. The summed E-state index contributed by atoms with van der Waals surface area (Å²) in [5, 5.41) is 0. The fourth-order valence-corrected chi connectivity index (χ4v) is 5.27. The van der Waals surface area contributed by atoms with Crippen molar-refractivity contribution >= 4 is 11.0 Å². The molecule has 1 aromatic heterocycles. The van der Waals surface area contributed by atoms with Gasteiger partial charge in [0.25, 0.3) is 0 Å². The van der Waals surface area contributed by atoms with Crippen molar-refractivity contribution in [2.45, 2.75) is 32.2 Å². The van der Waals surface area contributed by atoms with Crippen LogP contribution >= 0.6 is 0 Å². The Bertz CT molecular complexity index is 779. The molecular weight excluding hydrogens is 348 g/mol. The van der Waals surface area contributed by atoms with Gasteiger partial charge in [-0.2, -0.15) is 0 Å². The van der Waals surface area contributed by atoms with Gasteiger partial charge in [0.1, 0.15) is 0 Å². The molecule has 2 aromatic rings. The smallest absolute Gasteiger partial charge is 0.0890 e. The largest absolute Gasteiger partial charge is 0.381 e. The molecule has 0 bridgehead atoms. The van der Waals surface area contributed by atoms with Crippen LogP contribution in [0.3, 0.4) is 0 Å². The Labute approximate surface area is 168 Å². The lowest BCUT2D eigenvalue weighted by molar-refractivity contribution is 0.0967. The van der Waals surface area contributed by atoms with Crippen molar-refractivity contribution in [1.29, 1.82) is 0 Å². The van der Waals surface area contributed by atoms with Crippen LogP contribution in [0.15, 0.2) is 30.6 Å². The highest BCUT2D eigenvalue weighted by molar-refractivity contribution is 5.74. The normalized spacial score (nSPS) is 27.9. The van der Waals surface area contributed by atoms with Crippen molar-refractivity contribution in [3.63, 3.8) is 0 Å². The predicted octanol–water partition coefficient (Wildman–Crippen LogP) is 3.20. The maximum absolute atomic E-state index is 6.03. The number of fused-ring (bicyclic) bond motifs is 2. The molecule has 3 heterocycles. The Morgan fingerprint density at radius 3 is 2.54 bits per heavy atom. The van der Waals surface area contributed by atoms with Crippen LogP contribution in [0.4, 0.5) is 0 Å². The standard InChI is InChI=1S/C23H32N4O/c1-2-9-26(10-3-1)11-4-12-28-17-21-19-15-27(16-20(19)21)14-18-5-6-22-23(13-18)25-8-7-24-22/h5-8,13,19-21H,1-4,9-12,14-17H2/t19-,20+,21+. The van der Waals surface area contributed by atoms with Crippen molar-refractivity contribution in [3.05, 3.63) is 36.2 Å². The molecule has 150 valence electrons. The molecule has 1 saturated carbocycles. The zero-order chi connectivity index (χ0) is 18.8. The van der Waals surface area contributed by atoms with E-state index in [4.69, 9.17) is 4.74 Å². The molecule has 0 spiro atoms. The van der Waals surface area contributed by atoms with Crippen LogP contribution in [0.25, 0.3) is 11.0 Å². The Hall–Kier alpha value is -1.56. The van der Waals surface area contributed by atoms with Gasteiger partial charge in [0.05, 0.1) is 17.6 Å². The lowest BCUT2D eigenvalue weighted by Crippen LogP contribution is -2.31. The second-order valence-corrected chi connectivity index (χ2v) is 8.90. The van der Waals surface area contributed by atoms with Gasteiger partial charge < -0.3 is 9.64 Å². The summed E-state index contributed by atoms with van der Waals surface area (Å²) in [7, 11) is 0. The molecule has 0 radical (unpaired) electrons. The summed E-state index contributed by atoms with van der Waals surface area (Å²) in [4.78, 5) is 14.0. The fourth-order valence-electron chi connectivity index (χ4n) is 5.27. The van der Waals surface area contributed by atoms with E-state index in [0.29, 0.717) is 0 Å². The minimum absolute atomic E-state index is 0.814. The highest BCUT2D eigenvalue weighted by atomic mass is 16.5. The maximum Gasteiger partial charge on any atom is 0.0890 e. The number of nitrogens with zero attached hydrogens (tertiary/aromatic N) is 4. The van der Waals surface area contributed by atoms with E-state index in [1.807, 2.05) is 0 Å². The van der Waals surface area contributed by atoms with Crippen LogP contribution in [-0.2, 0) is 11.3 Å². The first kappa shape index (κ1) is 18.5. The van der Waals surface area contributed by atoms with Gasteiger partial charge in [-0.25, -0.2) is 0 Å². The third kappa shape index (κ3) is 4.22. The fraction of sp³-hybridized carbons (Fsp3) is 0.652. The molecule has 28 heavy (non-hydrogen) atoms. The number of aromatic nitrogens is 2. The van der Waals surface area contributed by atoms with Gasteiger partial charge in [0, 0.05) is 45.2 Å². The first-order valence-electron chi connectivity index (χ1n) is 11.1. The molecule has 1 aliphatic carbocycles. The topological polar surface area (TPSA) is 41.5 Å². The van der Waals surface area contributed by atoms with Crippen LogP contribution in [0.2, 0.25) is 0 Å². The minimum atomic E-state index is 0.814. The van der Waals surface area contributed by atoms with Crippen molar-refractivity contribution in [1.82, 2.24) is 19.8 Å². The van der Waals surface area contributed by atoms with Crippen LogP contribution < -0.4 is 0 Å². The van der Waals surface area contributed by atoms with E-state index >= 15 is 0 Å². The van der Waals surface area contributed by atoms with E-state index in [1.165, 1.54) is 64.0 Å². The molecule has 3 fully saturated rings. The Morgan fingerprint density at radius 2 is 1.71 bits per heavy atom. The monoisotopic (exact) mass is 380 g/mol. The van der Waals surface area contributed by atoms with E-state index < -0.39 is 0 Å². The summed E-state index contributed by atoms with van der Waals surface area (Å²) in [5.41, 5.74) is 3.33. The van der Waals surface area contributed by atoms with Gasteiger partial charge in [0.2, 0.25) is 0 Å². The first-order chi connectivity index (χ1) is 13.9. The number of rotatable bonds is 8. The van der Waals surface area contributed by atoms with Gasteiger partial charge in [-0.05, 0) is 67.8 Å². The highest BCUT2D eigenvalue weighted by Gasteiger charge is 2.55. The predicted molar refractivity (Wildman–Crippen MR) is 111 cm³/mol. The van der Waals surface area contributed by atoms with Crippen molar-refractivity contribution in [2.24, 2.45) is 17.8 Å². The number of hydrogen-bond donors (Lipinski definition) is 0. The third-order valence-corrected chi connectivity index (χ3v) is 6.91. The molecule has 5 rings (SSSR count). The van der Waals surface area contributed by atoms with Crippen molar-refractivity contribution in [2.75, 3.05) is 45.9 Å². The summed E-state index contributed by atoms with van der Waals surface area (Å²) in [6.07, 6.45) is 8.91. The summed E-state index contributed by atoms with van der Waals surface area (Å²) in [5.74, 6) is 2.54. The molecule has 0 unspecified atom stereocenters. The molecule has 0 N–H and O–H groups in total. The number of hydrogen-bond acceptors (Lipinski definition) is 5. The van der Waals surface area contributed by atoms with E-state index in [-0.39, 0.29) is 0 Å². The minimum Gasteiger partial charge on any atom is -0.381 e. The van der Waals surface area contributed by atoms with Crippen LogP contribution in [0.1, 0.15) is 31.2 Å². The summed E-state index contributed by atoms with van der Waals surface area (Å²) in [6.45, 7) is 9.22. The molecule has 2 saturated heterocycles. The molecular formula is C23H32N4O. The van der Waals surface area contributed by atoms with E-state index in [2.05, 4.69) is 38.0 Å². The number of benzene rings is 1. The average Bonchev–Trinajstić information content (AvgIpc) is 3.19. The first-order valence-corrected chi connectivity index (χ1v) is 11.1. The van der Waals surface area contributed by atoms with Gasteiger partial charge in [-0.15, -0.1) is 0 Å². The SMILES string of the molecule is c1cnc2cc(CN3C[C@@H]4[C@@H](COCCCN5CCCCC5)[C@@H]4C3)ccc2n1. The summed E-state index contributed by atoms with van der Waals surface area (Å²) in [6, 6.07) is 6.48. The molecule has 5 nitrogen and oxygen atoms in total.